The Balaban J connectivity index is 1.18. The summed E-state index contributed by atoms with van der Waals surface area (Å²) in [6.45, 7) is 8.56. The summed E-state index contributed by atoms with van der Waals surface area (Å²) in [7, 11) is 0. The fraction of sp³-hybridized carbons (Fsp3) is 0.655. The van der Waals surface area contributed by atoms with Crippen LogP contribution in [-0.4, -0.2) is 96.0 Å². The van der Waals surface area contributed by atoms with Crippen molar-refractivity contribution in [2.45, 2.75) is 70.5 Å². The number of halogens is 1. The third kappa shape index (κ3) is 8.33. The van der Waals surface area contributed by atoms with E-state index in [-0.39, 0.29) is 37.5 Å². The minimum absolute atomic E-state index is 0.119. The summed E-state index contributed by atoms with van der Waals surface area (Å²) < 4.78 is 11.3. The van der Waals surface area contributed by atoms with Gasteiger partial charge in [-0.3, -0.25) is 19.8 Å². The average Bonchev–Trinajstić information content (AvgIpc) is 2.91. The molecule has 3 saturated heterocycles. The van der Waals surface area contributed by atoms with Gasteiger partial charge in [-0.05, 0) is 77.0 Å². The van der Waals surface area contributed by atoms with Crippen LogP contribution in [0.2, 0.25) is 5.02 Å². The lowest BCUT2D eigenvalue weighted by atomic mass is 9.92. The fourth-order valence-corrected chi connectivity index (χ4v) is 5.56. The number of rotatable bonds is 7. The summed E-state index contributed by atoms with van der Waals surface area (Å²) >= 11 is 6.32. The van der Waals surface area contributed by atoms with Crippen molar-refractivity contribution in [2.24, 2.45) is 5.92 Å². The molecule has 5 amide bonds. The van der Waals surface area contributed by atoms with E-state index in [0.29, 0.717) is 67.8 Å². The molecule has 0 radical (unpaired) electrons. The molecule has 41 heavy (non-hydrogen) atoms. The second kappa shape index (κ2) is 13.0. The first kappa shape index (κ1) is 31.1. The molecular weight excluding hydrogens is 552 g/mol. The van der Waals surface area contributed by atoms with Crippen LogP contribution in [0.4, 0.5) is 15.3 Å². The molecule has 1 aromatic rings. The third-order valence-electron chi connectivity index (χ3n) is 7.83. The molecule has 11 nitrogen and oxygen atoms in total. The van der Waals surface area contributed by atoms with Crippen LogP contribution in [0.25, 0.3) is 0 Å². The minimum Gasteiger partial charge on any atom is -0.444 e. The highest BCUT2D eigenvalue weighted by Crippen LogP contribution is 2.30. The fourth-order valence-electron chi connectivity index (χ4n) is 5.34. The van der Waals surface area contributed by atoms with Crippen LogP contribution in [-0.2, 0) is 14.3 Å². The topological polar surface area (TPSA) is 129 Å². The highest BCUT2D eigenvalue weighted by molar-refractivity contribution is 6.34. The first-order valence-corrected chi connectivity index (χ1v) is 14.7. The molecule has 0 unspecified atom stereocenters. The summed E-state index contributed by atoms with van der Waals surface area (Å²) in [5, 5.41) is 13.5. The van der Waals surface area contributed by atoms with Crippen molar-refractivity contribution in [1.29, 1.82) is 0 Å². The van der Waals surface area contributed by atoms with Crippen LogP contribution in [0.3, 0.4) is 0 Å². The number of imide groups is 1. The lowest BCUT2D eigenvalue weighted by Crippen LogP contribution is -2.50. The normalized spacial score (nSPS) is 20.2. The molecule has 0 aromatic heterocycles. The molecular formula is C29H41ClN4O7. The Morgan fingerprint density at radius 2 is 1.76 bits per heavy atom. The van der Waals surface area contributed by atoms with Gasteiger partial charge in [0.2, 0.25) is 5.91 Å². The van der Waals surface area contributed by atoms with Crippen LogP contribution in [0.1, 0.15) is 69.7 Å². The third-order valence-corrected chi connectivity index (χ3v) is 8.15. The molecule has 4 rings (SSSR count). The van der Waals surface area contributed by atoms with E-state index in [2.05, 4.69) is 5.32 Å². The van der Waals surface area contributed by atoms with Gasteiger partial charge in [0.25, 0.3) is 5.91 Å². The number of piperidine rings is 2. The van der Waals surface area contributed by atoms with Crippen molar-refractivity contribution in [3.8, 4) is 0 Å². The highest BCUT2D eigenvalue weighted by atomic mass is 35.5. The molecule has 3 fully saturated rings. The van der Waals surface area contributed by atoms with Gasteiger partial charge in [0, 0.05) is 51.3 Å². The molecule has 0 atom stereocenters. The van der Waals surface area contributed by atoms with Crippen LogP contribution in [0, 0.1) is 5.92 Å². The number of carbonyl (C=O) groups excluding carboxylic acids is 4. The van der Waals surface area contributed by atoms with E-state index in [1.165, 1.54) is 4.90 Å². The van der Waals surface area contributed by atoms with E-state index in [1.807, 2.05) is 25.7 Å². The van der Waals surface area contributed by atoms with Crippen LogP contribution < -0.4 is 10.2 Å². The molecule has 3 heterocycles. The minimum atomic E-state index is -0.948. The van der Waals surface area contributed by atoms with Gasteiger partial charge in [-0.2, -0.15) is 0 Å². The number of aliphatic hydroxyl groups is 1. The Kier molecular flexibility index (Phi) is 9.81. The number of anilines is 1. The second-order valence-electron chi connectivity index (χ2n) is 12.2. The van der Waals surface area contributed by atoms with Crippen molar-refractivity contribution in [2.75, 3.05) is 50.8 Å². The smallest absolute Gasteiger partial charge is 0.410 e. The van der Waals surface area contributed by atoms with Gasteiger partial charge in [0.1, 0.15) is 5.60 Å². The average molecular weight is 593 g/mol. The van der Waals surface area contributed by atoms with E-state index >= 15 is 0 Å². The number of urea groups is 1. The van der Waals surface area contributed by atoms with Gasteiger partial charge >= 0.3 is 12.1 Å². The van der Waals surface area contributed by atoms with E-state index in [0.717, 1.165) is 19.3 Å². The van der Waals surface area contributed by atoms with Crippen molar-refractivity contribution in [1.82, 2.24) is 15.1 Å². The number of hydrogen-bond acceptors (Lipinski definition) is 7. The molecule has 0 spiro atoms. The molecule has 3 aliphatic heterocycles. The molecule has 12 heteroatoms. The van der Waals surface area contributed by atoms with E-state index in [1.54, 1.807) is 23.1 Å². The molecule has 0 saturated carbocycles. The van der Waals surface area contributed by atoms with Crippen molar-refractivity contribution in [3.63, 3.8) is 0 Å². The predicted octanol–water partition coefficient (Wildman–Crippen LogP) is 3.81. The van der Waals surface area contributed by atoms with Crippen LogP contribution in [0.5, 0.6) is 0 Å². The number of nitrogens with zero attached hydrogens (tertiary/aromatic N) is 3. The van der Waals surface area contributed by atoms with Crippen LogP contribution >= 0.6 is 11.6 Å². The summed E-state index contributed by atoms with van der Waals surface area (Å²) in [6.07, 6.45) is 3.25. The molecule has 3 aliphatic rings. The first-order chi connectivity index (χ1) is 19.3. The maximum atomic E-state index is 13.2. The number of nitrogens with one attached hydrogen (secondary N) is 1. The second-order valence-corrected chi connectivity index (χ2v) is 12.6. The molecule has 226 valence electrons. The van der Waals surface area contributed by atoms with Gasteiger partial charge in [0.15, 0.2) is 0 Å². The Morgan fingerprint density at radius 1 is 1.07 bits per heavy atom. The maximum Gasteiger partial charge on any atom is 0.410 e. The number of hydrogen-bond donors (Lipinski definition) is 2. The molecule has 1 aromatic carbocycles. The van der Waals surface area contributed by atoms with Gasteiger partial charge < -0.3 is 24.4 Å². The van der Waals surface area contributed by atoms with Crippen molar-refractivity contribution >= 4 is 41.2 Å². The highest BCUT2D eigenvalue weighted by Gasteiger charge is 2.36. The van der Waals surface area contributed by atoms with E-state index < -0.39 is 17.2 Å². The summed E-state index contributed by atoms with van der Waals surface area (Å²) in [4.78, 5) is 54.1. The van der Waals surface area contributed by atoms with Crippen LogP contribution in [0.15, 0.2) is 18.2 Å². The Labute approximate surface area is 246 Å². The number of likely N-dealkylation sites (tertiary alicyclic amines) is 2. The van der Waals surface area contributed by atoms with Crippen molar-refractivity contribution < 1.29 is 33.8 Å². The summed E-state index contributed by atoms with van der Waals surface area (Å²) in [5.41, 5.74) is -0.642. The van der Waals surface area contributed by atoms with E-state index in [9.17, 15) is 24.3 Å². The molecule has 0 aliphatic carbocycles. The van der Waals surface area contributed by atoms with Gasteiger partial charge in [-0.1, -0.05) is 11.6 Å². The Hall–Kier alpha value is -2.89. The van der Waals surface area contributed by atoms with Gasteiger partial charge in [0.05, 0.1) is 22.9 Å². The maximum absolute atomic E-state index is 13.2. The monoisotopic (exact) mass is 592 g/mol. The SMILES string of the molecule is CC(C)(C)OC(=O)N1CCC(O)(COCCC2CCN(C(=O)c3ccc(Cl)c(N4CCC(=O)NC4=O)c3)CC2)CC1. The Bertz CT molecular complexity index is 1140. The summed E-state index contributed by atoms with van der Waals surface area (Å²) in [5.74, 6) is -0.0384. The molecule has 0 bridgehead atoms. The first-order valence-electron chi connectivity index (χ1n) is 14.3. The Morgan fingerprint density at radius 3 is 2.39 bits per heavy atom. The van der Waals surface area contributed by atoms with Gasteiger partial charge in [-0.25, -0.2) is 9.59 Å². The lowest BCUT2D eigenvalue weighted by Gasteiger charge is -2.38. The largest absolute Gasteiger partial charge is 0.444 e. The van der Waals surface area contributed by atoms with Gasteiger partial charge in [-0.15, -0.1) is 0 Å². The lowest BCUT2D eigenvalue weighted by molar-refractivity contribution is -0.120. The standard InChI is InChI=1S/C29H41ClN4O7/c1-28(2,3)41-27(38)33-15-10-29(39,11-16-33)19-40-17-9-20-6-12-32(13-7-20)25(36)21-4-5-22(30)23(18-21)34-14-8-24(35)31-26(34)37/h4-5,18,20,39H,6-17,19H2,1-3H3,(H,31,35,37). The predicted molar refractivity (Wildman–Crippen MR) is 153 cm³/mol. The molecule has 2 N–H and O–H groups in total. The van der Waals surface area contributed by atoms with E-state index in [4.69, 9.17) is 21.1 Å². The zero-order valence-corrected chi connectivity index (χ0v) is 24.9. The number of amides is 5. The zero-order chi connectivity index (χ0) is 29.8. The number of carbonyl (C=O) groups is 4. The summed E-state index contributed by atoms with van der Waals surface area (Å²) in [6, 6.07) is 4.33. The quantitative estimate of drug-likeness (QED) is 0.461. The number of benzene rings is 1. The zero-order valence-electron chi connectivity index (χ0n) is 24.1. The van der Waals surface area contributed by atoms with Crippen molar-refractivity contribution in [3.05, 3.63) is 28.8 Å². The number of ether oxygens (including phenoxy) is 2.